The Labute approximate surface area is 72.2 Å². The molecule has 70 valence electrons. The lowest BCUT2D eigenvalue weighted by Gasteiger charge is -2.18. The van der Waals surface area contributed by atoms with Gasteiger partial charge in [0.2, 0.25) is 0 Å². The molecule has 1 aliphatic rings. The number of ether oxygens (including phenoxy) is 1. The first kappa shape index (κ1) is 9.48. The van der Waals surface area contributed by atoms with Crippen molar-refractivity contribution in [2.45, 2.75) is 26.9 Å². The Hall–Kier alpha value is -0.610. The molecule has 1 saturated heterocycles. The van der Waals surface area contributed by atoms with Gasteiger partial charge in [-0.15, -0.1) is 0 Å². The number of rotatable bonds is 1. The van der Waals surface area contributed by atoms with Crippen LogP contribution >= 0.6 is 0 Å². The van der Waals surface area contributed by atoms with E-state index in [1.165, 1.54) is 0 Å². The molecule has 4 nitrogen and oxygen atoms in total. The van der Waals surface area contributed by atoms with Crippen molar-refractivity contribution in [1.29, 1.82) is 0 Å². The molecular formula is C8H15NO3. The standard InChI is InChI=1S/C8H15NO3/c1-8(2,3)7(10)12-6-4-9-11-5-6/h6,9H,4-5H2,1-3H3/t6-/m0/s1. The lowest BCUT2D eigenvalue weighted by molar-refractivity contribution is -0.157. The fourth-order valence-electron chi connectivity index (χ4n) is 0.767. The normalized spacial score (nSPS) is 24.1. The molecule has 0 spiro atoms. The molecule has 0 radical (unpaired) electrons. The zero-order valence-corrected chi connectivity index (χ0v) is 7.72. The fraction of sp³-hybridized carbons (Fsp3) is 0.875. The van der Waals surface area contributed by atoms with Crippen LogP contribution in [0.25, 0.3) is 0 Å². The second-order valence-electron chi connectivity index (χ2n) is 3.94. The zero-order valence-electron chi connectivity index (χ0n) is 7.72. The number of hydrogen-bond acceptors (Lipinski definition) is 4. The van der Waals surface area contributed by atoms with Crippen molar-refractivity contribution in [3.05, 3.63) is 0 Å². The summed E-state index contributed by atoms with van der Waals surface area (Å²) in [5.41, 5.74) is 2.22. The van der Waals surface area contributed by atoms with Crippen LogP contribution in [0.2, 0.25) is 0 Å². The van der Waals surface area contributed by atoms with Gasteiger partial charge in [-0.05, 0) is 20.8 Å². The summed E-state index contributed by atoms with van der Waals surface area (Å²) >= 11 is 0. The van der Waals surface area contributed by atoms with Gasteiger partial charge in [0.05, 0.1) is 12.0 Å². The molecule has 0 saturated carbocycles. The van der Waals surface area contributed by atoms with Crippen molar-refractivity contribution < 1.29 is 14.4 Å². The lowest BCUT2D eigenvalue weighted by Crippen LogP contribution is -2.30. The van der Waals surface area contributed by atoms with Crippen LogP contribution in [-0.2, 0) is 14.4 Å². The first-order valence-electron chi connectivity index (χ1n) is 4.06. The highest BCUT2D eigenvalue weighted by atomic mass is 16.7. The number of carbonyl (C=O) groups excluding carboxylic acids is 1. The molecule has 1 aliphatic heterocycles. The van der Waals surface area contributed by atoms with Crippen molar-refractivity contribution in [2.75, 3.05) is 13.2 Å². The van der Waals surface area contributed by atoms with Crippen molar-refractivity contribution in [3.63, 3.8) is 0 Å². The zero-order chi connectivity index (χ0) is 9.19. The van der Waals surface area contributed by atoms with Crippen LogP contribution < -0.4 is 5.48 Å². The second-order valence-corrected chi connectivity index (χ2v) is 3.94. The summed E-state index contributed by atoms with van der Waals surface area (Å²) in [7, 11) is 0. The minimum atomic E-state index is -0.428. The SMILES string of the molecule is CC(C)(C)C(=O)O[C@H]1CNOC1. The van der Waals surface area contributed by atoms with Crippen LogP contribution in [0.15, 0.2) is 0 Å². The third kappa shape index (κ3) is 2.46. The van der Waals surface area contributed by atoms with E-state index in [-0.39, 0.29) is 12.1 Å². The van der Waals surface area contributed by atoms with Gasteiger partial charge in [-0.3, -0.25) is 9.63 Å². The first-order chi connectivity index (χ1) is 5.50. The smallest absolute Gasteiger partial charge is 0.311 e. The van der Waals surface area contributed by atoms with E-state index in [1.54, 1.807) is 0 Å². The Morgan fingerprint density at radius 1 is 1.58 bits per heavy atom. The number of nitrogens with one attached hydrogen (secondary N) is 1. The monoisotopic (exact) mass is 173 g/mol. The van der Waals surface area contributed by atoms with Gasteiger partial charge in [0.25, 0.3) is 0 Å². The highest BCUT2D eigenvalue weighted by Crippen LogP contribution is 2.16. The molecule has 1 N–H and O–H groups in total. The molecule has 0 aromatic heterocycles. The number of hydroxylamine groups is 1. The molecule has 1 rings (SSSR count). The molecule has 1 fully saturated rings. The van der Waals surface area contributed by atoms with Crippen LogP contribution in [-0.4, -0.2) is 25.2 Å². The van der Waals surface area contributed by atoms with E-state index in [0.29, 0.717) is 13.2 Å². The van der Waals surface area contributed by atoms with E-state index in [1.807, 2.05) is 20.8 Å². The molecule has 0 unspecified atom stereocenters. The van der Waals surface area contributed by atoms with E-state index < -0.39 is 5.41 Å². The molecule has 0 bridgehead atoms. The Morgan fingerprint density at radius 2 is 2.25 bits per heavy atom. The summed E-state index contributed by atoms with van der Waals surface area (Å²) in [6, 6.07) is 0. The minimum Gasteiger partial charge on any atom is -0.458 e. The van der Waals surface area contributed by atoms with Crippen LogP contribution in [0.1, 0.15) is 20.8 Å². The lowest BCUT2D eigenvalue weighted by atomic mass is 9.97. The number of hydrogen-bond donors (Lipinski definition) is 1. The highest BCUT2D eigenvalue weighted by Gasteiger charge is 2.28. The molecular weight excluding hydrogens is 158 g/mol. The van der Waals surface area contributed by atoms with Crippen molar-refractivity contribution in [1.82, 2.24) is 5.48 Å². The quantitative estimate of drug-likeness (QED) is 0.586. The topological polar surface area (TPSA) is 47.6 Å². The van der Waals surface area contributed by atoms with Crippen LogP contribution in [0.3, 0.4) is 0 Å². The largest absolute Gasteiger partial charge is 0.458 e. The molecule has 12 heavy (non-hydrogen) atoms. The maximum Gasteiger partial charge on any atom is 0.311 e. The van der Waals surface area contributed by atoms with Crippen molar-refractivity contribution >= 4 is 5.97 Å². The third-order valence-electron chi connectivity index (χ3n) is 1.57. The van der Waals surface area contributed by atoms with Crippen LogP contribution in [0, 0.1) is 5.41 Å². The Balaban J connectivity index is 2.35. The number of carbonyl (C=O) groups is 1. The van der Waals surface area contributed by atoms with E-state index in [2.05, 4.69) is 5.48 Å². The fourth-order valence-corrected chi connectivity index (χ4v) is 0.767. The minimum absolute atomic E-state index is 0.128. The summed E-state index contributed by atoms with van der Waals surface area (Å²) < 4.78 is 5.15. The van der Waals surface area contributed by atoms with Gasteiger partial charge in [-0.1, -0.05) is 0 Å². The molecule has 0 aromatic carbocycles. The van der Waals surface area contributed by atoms with E-state index in [0.717, 1.165) is 0 Å². The Morgan fingerprint density at radius 3 is 2.67 bits per heavy atom. The Bertz CT molecular complexity index is 168. The third-order valence-corrected chi connectivity index (χ3v) is 1.57. The molecule has 4 heteroatoms. The predicted molar refractivity (Wildman–Crippen MR) is 43.3 cm³/mol. The average molecular weight is 173 g/mol. The van der Waals surface area contributed by atoms with Gasteiger partial charge in [0.15, 0.2) is 0 Å². The molecule has 1 atom stereocenters. The molecule has 0 aliphatic carbocycles. The van der Waals surface area contributed by atoms with Gasteiger partial charge >= 0.3 is 5.97 Å². The summed E-state index contributed by atoms with van der Waals surface area (Å²) in [6.45, 7) is 6.53. The van der Waals surface area contributed by atoms with Gasteiger partial charge < -0.3 is 4.74 Å². The summed E-state index contributed by atoms with van der Waals surface area (Å²) in [5.74, 6) is -0.181. The second kappa shape index (κ2) is 3.41. The van der Waals surface area contributed by atoms with E-state index in [9.17, 15) is 4.79 Å². The highest BCUT2D eigenvalue weighted by molar-refractivity contribution is 5.75. The van der Waals surface area contributed by atoms with Gasteiger partial charge in [-0.25, -0.2) is 0 Å². The molecule has 0 amide bonds. The molecule has 0 aromatic rings. The van der Waals surface area contributed by atoms with Gasteiger partial charge in [0, 0.05) is 0 Å². The predicted octanol–water partition coefficient (Wildman–Crippen LogP) is 0.479. The maximum atomic E-state index is 11.3. The summed E-state index contributed by atoms with van der Waals surface area (Å²) in [4.78, 5) is 16.2. The van der Waals surface area contributed by atoms with Gasteiger partial charge in [-0.2, -0.15) is 5.48 Å². The number of esters is 1. The first-order valence-corrected chi connectivity index (χ1v) is 4.06. The van der Waals surface area contributed by atoms with Crippen molar-refractivity contribution in [3.8, 4) is 0 Å². The maximum absolute atomic E-state index is 11.3. The van der Waals surface area contributed by atoms with Gasteiger partial charge in [0.1, 0.15) is 12.7 Å². The van der Waals surface area contributed by atoms with E-state index in [4.69, 9.17) is 9.57 Å². The van der Waals surface area contributed by atoms with Crippen molar-refractivity contribution in [2.24, 2.45) is 5.41 Å². The van der Waals surface area contributed by atoms with Crippen LogP contribution in [0.5, 0.6) is 0 Å². The van der Waals surface area contributed by atoms with Crippen LogP contribution in [0.4, 0.5) is 0 Å². The summed E-state index contributed by atoms with van der Waals surface area (Å²) in [6.07, 6.45) is -0.128. The Kier molecular flexibility index (Phi) is 2.69. The molecule has 1 heterocycles. The average Bonchev–Trinajstić information content (AvgIpc) is 2.37. The van der Waals surface area contributed by atoms with E-state index >= 15 is 0 Å². The summed E-state index contributed by atoms with van der Waals surface area (Å²) in [5, 5.41) is 0.